The lowest BCUT2D eigenvalue weighted by atomic mass is 10.1. The zero-order valence-electron chi connectivity index (χ0n) is 25.9. The molecule has 0 aromatic heterocycles. The van der Waals surface area contributed by atoms with Crippen molar-refractivity contribution in [3.05, 3.63) is 24.3 Å². The van der Waals surface area contributed by atoms with Gasteiger partial charge in [0.15, 0.2) is 0 Å². The minimum atomic E-state index is -0.0778. The molecule has 4 nitrogen and oxygen atoms in total. The lowest BCUT2D eigenvalue weighted by Crippen LogP contribution is -1.98. The van der Waals surface area contributed by atoms with Gasteiger partial charge in [0.25, 0.3) is 0 Å². The van der Waals surface area contributed by atoms with Crippen LogP contribution in [0, 0.1) is 0 Å². The standard InChI is InChI=1S/2C17H32O2/c2*1-3-4-5-6-7-8-9-10-11-12-13-14-15-16-17(18)19-2/h2*8-9H,3-7,10-16H2,1-2H3/b9-8+;9-8-. The fourth-order valence-corrected chi connectivity index (χ4v) is 4.18. The van der Waals surface area contributed by atoms with Crippen molar-refractivity contribution in [1.29, 1.82) is 0 Å². The highest BCUT2D eigenvalue weighted by Gasteiger charge is 1.99. The third kappa shape index (κ3) is 36.6. The van der Waals surface area contributed by atoms with Gasteiger partial charge in [0.2, 0.25) is 0 Å². The summed E-state index contributed by atoms with van der Waals surface area (Å²) in [5.74, 6) is -0.156. The summed E-state index contributed by atoms with van der Waals surface area (Å²) in [6, 6.07) is 0. The molecule has 0 aliphatic rings. The smallest absolute Gasteiger partial charge is 0.305 e. The summed E-state index contributed by atoms with van der Waals surface area (Å²) < 4.78 is 9.22. The van der Waals surface area contributed by atoms with E-state index in [-0.39, 0.29) is 11.9 Å². The van der Waals surface area contributed by atoms with Gasteiger partial charge in [-0.1, -0.05) is 115 Å². The Bertz CT molecular complexity index is 491. The number of carbonyl (C=O) groups is 2. The van der Waals surface area contributed by atoms with Gasteiger partial charge in [0, 0.05) is 12.8 Å². The molecule has 0 spiro atoms. The highest BCUT2D eigenvalue weighted by Crippen LogP contribution is 2.10. The number of rotatable bonds is 26. The zero-order chi connectivity index (χ0) is 28.4. The van der Waals surface area contributed by atoms with Gasteiger partial charge in [-0.25, -0.2) is 0 Å². The van der Waals surface area contributed by atoms with Crippen LogP contribution in [0.4, 0.5) is 0 Å². The number of esters is 2. The highest BCUT2D eigenvalue weighted by atomic mass is 16.5. The van der Waals surface area contributed by atoms with Crippen LogP contribution >= 0.6 is 0 Å². The second kappa shape index (κ2) is 35.4. The van der Waals surface area contributed by atoms with Gasteiger partial charge in [-0.05, 0) is 64.2 Å². The Morgan fingerprint density at radius 3 is 0.974 bits per heavy atom. The van der Waals surface area contributed by atoms with Crippen LogP contribution in [-0.2, 0) is 19.1 Å². The summed E-state index contributed by atoms with van der Waals surface area (Å²) >= 11 is 0. The number of allylic oxidation sites excluding steroid dienone is 4. The molecule has 0 unspecified atom stereocenters. The van der Waals surface area contributed by atoms with Crippen LogP contribution in [-0.4, -0.2) is 26.2 Å². The van der Waals surface area contributed by atoms with Crippen LogP contribution in [0.25, 0.3) is 0 Å². The van der Waals surface area contributed by atoms with E-state index in [1.165, 1.54) is 130 Å². The van der Waals surface area contributed by atoms with Gasteiger partial charge in [-0.15, -0.1) is 0 Å². The minimum Gasteiger partial charge on any atom is -0.469 e. The zero-order valence-corrected chi connectivity index (χ0v) is 25.9. The molecule has 0 aliphatic heterocycles. The van der Waals surface area contributed by atoms with Gasteiger partial charge in [0.1, 0.15) is 0 Å². The van der Waals surface area contributed by atoms with E-state index in [9.17, 15) is 9.59 Å². The minimum absolute atomic E-state index is 0.0778. The lowest BCUT2D eigenvalue weighted by molar-refractivity contribution is -0.141. The molecule has 0 aromatic carbocycles. The second-order valence-electron chi connectivity index (χ2n) is 10.4. The first kappa shape index (κ1) is 38.6. The van der Waals surface area contributed by atoms with E-state index in [0.29, 0.717) is 12.8 Å². The molecule has 0 aliphatic carbocycles. The molecular formula is C34H64O4. The molecule has 0 fully saturated rings. The molecule has 224 valence electrons. The Labute approximate surface area is 237 Å². The molecule has 0 saturated heterocycles. The molecule has 0 rings (SSSR count). The molecule has 0 radical (unpaired) electrons. The van der Waals surface area contributed by atoms with Crippen molar-refractivity contribution in [1.82, 2.24) is 0 Å². The van der Waals surface area contributed by atoms with E-state index in [2.05, 4.69) is 47.6 Å². The maximum absolute atomic E-state index is 10.9. The molecular weight excluding hydrogens is 472 g/mol. The number of hydrogen-bond donors (Lipinski definition) is 0. The fraction of sp³-hybridized carbons (Fsp3) is 0.824. The molecule has 0 N–H and O–H groups in total. The summed E-state index contributed by atoms with van der Waals surface area (Å²) in [7, 11) is 2.91. The first-order valence-electron chi connectivity index (χ1n) is 16.1. The van der Waals surface area contributed by atoms with Gasteiger partial charge < -0.3 is 9.47 Å². The van der Waals surface area contributed by atoms with Crippen molar-refractivity contribution >= 4 is 11.9 Å². The Hall–Kier alpha value is -1.58. The SMILES string of the molecule is CCCCCC/C=C/CCCCCCCC(=O)OC.CCCCCC/C=C\CCCCCCCC(=O)OC. The van der Waals surface area contributed by atoms with Crippen LogP contribution < -0.4 is 0 Å². The van der Waals surface area contributed by atoms with Crippen LogP contribution in [0.15, 0.2) is 24.3 Å². The fourth-order valence-electron chi connectivity index (χ4n) is 4.18. The normalized spacial score (nSPS) is 11.1. The highest BCUT2D eigenvalue weighted by molar-refractivity contribution is 5.69. The van der Waals surface area contributed by atoms with Crippen molar-refractivity contribution in [3.63, 3.8) is 0 Å². The maximum Gasteiger partial charge on any atom is 0.305 e. The van der Waals surface area contributed by atoms with Crippen LogP contribution in [0.2, 0.25) is 0 Å². The van der Waals surface area contributed by atoms with Gasteiger partial charge in [-0.2, -0.15) is 0 Å². The number of methoxy groups -OCH3 is 2. The van der Waals surface area contributed by atoms with Gasteiger partial charge in [0.05, 0.1) is 14.2 Å². The van der Waals surface area contributed by atoms with Crippen molar-refractivity contribution in [2.24, 2.45) is 0 Å². The topological polar surface area (TPSA) is 52.6 Å². The second-order valence-corrected chi connectivity index (χ2v) is 10.4. The van der Waals surface area contributed by atoms with Crippen molar-refractivity contribution in [2.45, 2.75) is 168 Å². The molecule has 0 bridgehead atoms. The molecule has 0 saturated carbocycles. The van der Waals surface area contributed by atoms with E-state index >= 15 is 0 Å². The Morgan fingerprint density at radius 2 is 0.684 bits per heavy atom. The molecule has 0 atom stereocenters. The van der Waals surface area contributed by atoms with E-state index in [1.807, 2.05) is 0 Å². The number of ether oxygens (including phenoxy) is 2. The molecule has 0 aromatic rings. The first-order chi connectivity index (χ1) is 18.6. The predicted molar refractivity (Wildman–Crippen MR) is 164 cm³/mol. The molecule has 0 heterocycles. The van der Waals surface area contributed by atoms with E-state index in [4.69, 9.17) is 0 Å². The van der Waals surface area contributed by atoms with Crippen molar-refractivity contribution in [2.75, 3.05) is 14.2 Å². The summed E-state index contributed by atoms with van der Waals surface area (Å²) in [4.78, 5) is 21.8. The maximum atomic E-state index is 10.9. The Kier molecular flexibility index (Phi) is 35.9. The van der Waals surface area contributed by atoms with Gasteiger partial charge in [-0.3, -0.25) is 9.59 Å². The number of carbonyl (C=O) groups excluding carboxylic acids is 2. The van der Waals surface area contributed by atoms with Crippen LogP contribution in [0.5, 0.6) is 0 Å². The number of unbranched alkanes of at least 4 members (excludes halogenated alkanes) is 18. The Balaban J connectivity index is 0. The summed E-state index contributed by atoms with van der Waals surface area (Å²) in [5.41, 5.74) is 0. The van der Waals surface area contributed by atoms with Crippen molar-refractivity contribution < 1.29 is 19.1 Å². The summed E-state index contributed by atoms with van der Waals surface area (Å²) in [6.45, 7) is 4.50. The molecule has 4 heteroatoms. The summed E-state index contributed by atoms with van der Waals surface area (Å²) in [5, 5.41) is 0. The van der Waals surface area contributed by atoms with E-state index < -0.39 is 0 Å². The predicted octanol–water partition coefficient (Wildman–Crippen LogP) is 10.8. The average Bonchev–Trinajstić information content (AvgIpc) is 2.93. The van der Waals surface area contributed by atoms with Crippen molar-refractivity contribution in [3.8, 4) is 0 Å². The monoisotopic (exact) mass is 536 g/mol. The van der Waals surface area contributed by atoms with Crippen LogP contribution in [0.1, 0.15) is 168 Å². The average molecular weight is 537 g/mol. The Morgan fingerprint density at radius 1 is 0.421 bits per heavy atom. The van der Waals surface area contributed by atoms with Gasteiger partial charge >= 0.3 is 11.9 Å². The third-order valence-electron chi connectivity index (χ3n) is 6.74. The third-order valence-corrected chi connectivity index (χ3v) is 6.74. The first-order valence-corrected chi connectivity index (χ1v) is 16.1. The van der Waals surface area contributed by atoms with E-state index in [1.54, 1.807) is 0 Å². The molecule has 38 heavy (non-hydrogen) atoms. The molecule has 0 amide bonds. The summed E-state index contributed by atoms with van der Waals surface area (Å²) in [6.07, 6.45) is 38.1. The number of hydrogen-bond acceptors (Lipinski definition) is 4. The lowest BCUT2D eigenvalue weighted by Gasteiger charge is -2.00. The van der Waals surface area contributed by atoms with E-state index in [0.717, 1.165) is 25.7 Å². The quantitative estimate of drug-likeness (QED) is 0.0626. The van der Waals surface area contributed by atoms with Crippen LogP contribution in [0.3, 0.4) is 0 Å². The largest absolute Gasteiger partial charge is 0.469 e.